The Labute approximate surface area is 188 Å². The van der Waals surface area contributed by atoms with E-state index < -0.39 is 15.8 Å². The summed E-state index contributed by atoms with van der Waals surface area (Å²) in [6.07, 6.45) is 2.15. The van der Waals surface area contributed by atoms with E-state index in [-0.39, 0.29) is 29.8 Å². The number of rotatable bonds is 7. The maximum absolute atomic E-state index is 13.4. The first kappa shape index (κ1) is 23.1. The summed E-state index contributed by atoms with van der Waals surface area (Å²) in [5, 5.41) is 2.99. The summed E-state index contributed by atoms with van der Waals surface area (Å²) in [7, 11) is -3.77. The number of hydrogen-bond acceptors (Lipinski definition) is 6. The maximum Gasteiger partial charge on any atom is 0.243 e. The molecule has 0 aromatic heterocycles. The Morgan fingerprint density at radius 1 is 0.938 bits per heavy atom. The summed E-state index contributed by atoms with van der Waals surface area (Å²) in [5.41, 5.74) is 0. The molecule has 4 rings (SSSR count). The summed E-state index contributed by atoms with van der Waals surface area (Å²) in [6, 6.07) is 5.35. The van der Waals surface area contributed by atoms with Gasteiger partial charge in [0.05, 0.1) is 18.0 Å². The smallest absolute Gasteiger partial charge is 0.243 e. The van der Waals surface area contributed by atoms with Crippen LogP contribution in [0.1, 0.15) is 12.8 Å². The van der Waals surface area contributed by atoms with Gasteiger partial charge in [-0.3, -0.25) is 19.4 Å². The van der Waals surface area contributed by atoms with Crippen LogP contribution >= 0.6 is 0 Å². The highest BCUT2D eigenvalue weighted by molar-refractivity contribution is 7.89. The van der Waals surface area contributed by atoms with Gasteiger partial charge in [0, 0.05) is 58.4 Å². The van der Waals surface area contributed by atoms with E-state index in [0.29, 0.717) is 32.2 Å². The second-order valence-electron chi connectivity index (χ2n) is 8.64. The number of carbonyl (C=O) groups is 2. The van der Waals surface area contributed by atoms with Gasteiger partial charge in [-0.2, -0.15) is 4.31 Å². The van der Waals surface area contributed by atoms with Gasteiger partial charge in [-0.15, -0.1) is 0 Å². The van der Waals surface area contributed by atoms with E-state index in [1.807, 2.05) is 0 Å². The van der Waals surface area contributed by atoms with E-state index in [0.717, 1.165) is 45.1 Å². The van der Waals surface area contributed by atoms with E-state index in [2.05, 4.69) is 15.1 Å². The zero-order valence-corrected chi connectivity index (χ0v) is 18.9. The van der Waals surface area contributed by atoms with Gasteiger partial charge in [0.1, 0.15) is 5.82 Å². The minimum Gasteiger partial charge on any atom is -0.352 e. The number of sulfonamides is 1. The third-order valence-electron chi connectivity index (χ3n) is 6.16. The number of halogens is 1. The van der Waals surface area contributed by atoms with Crippen molar-refractivity contribution in [3.63, 3.8) is 0 Å². The van der Waals surface area contributed by atoms with Gasteiger partial charge in [-0.25, -0.2) is 12.8 Å². The molecule has 2 saturated heterocycles. The first-order valence-corrected chi connectivity index (χ1v) is 12.5. The summed E-state index contributed by atoms with van der Waals surface area (Å²) in [4.78, 5) is 30.5. The topological polar surface area (TPSA) is 93.3 Å². The van der Waals surface area contributed by atoms with Gasteiger partial charge >= 0.3 is 0 Å². The molecular formula is C21H30FN5O4S. The fourth-order valence-electron chi connectivity index (χ4n) is 4.06. The minimum absolute atomic E-state index is 0.0206. The van der Waals surface area contributed by atoms with Crippen molar-refractivity contribution in [2.24, 2.45) is 0 Å². The molecule has 3 fully saturated rings. The maximum atomic E-state index is 13.4. The normalized spacial score (nSPS) is 21.5. The third kappa shape index (κ3) is 5.83. The molecule has 2 heterocycles. The van der Waals surface area contributed by atoms with Crippen LogP contribution in [0.2, 0.25) is 0 Å². The first-order valence-electron chi connectivity index (χ1n) is 11.1. The van der Waals surface area contributed by atoms with E-state index in [4.69, 9.17) is 0 Å². The molecule has 1 aromatic carbocycles. The van der Waals surface area contributed by atoms with Gasteiger partial charge in [0.2, 0.25) is 21.8 Å². The molecule has 0 radical (unpaired) electrons. The van der Waals surface area contributed by atoms with E-state index in [9.17, 15) is 22.4 Å². The van der Waals surface area contributed by atoms with Gasteiger partial charge < -0.3 is 10.2 Å². The number of nitrogens with one attached hydrogen (secondary N) is 1. The molecule has 32 heavy (non-hydrogen) atoms. The minimum atomic E-state index is -3.77. The Balaban J connectivity index is 1.20. The molecule has 11 heteroatoms. The lowest BCUT2D eigenvalue weighted by Gasteiger charge is -2.37. The highest BCUT2D eigenvalue weighted by Crippen LogP contribution is 2.19. The van der Waals surface area contributed by atoms with Crippen molar-refractivity contribution in [1.82, 2.24) is 24.3 Å². The summed E-state index contributed by atoms with van der Waals surface area (Å²) >= 11 is 0. The zero-order chi connectivity index (χ0) is 22.7. The first-order chi connectivity index (χ1) is 15.3. The number of hydrogen-bond donors (Lipinski definition) is 1. The second kappa shape index (κ2) is 9.82. The average molecular weight is 468 g/mol. The summed E-state index contributed by atoms with van der Waals surface area (Å²) in [6.45, 7) is 4.62. The summed E-state index contributed by atoms with van der Waals surface area (Å²) < 4.78 is 40.2. The molecule has 1 saturated carbocycles. The summed E-state index contributed by atoms with van der Waals surface area (Å²) in [5.74, 6) is -0.542. The molecule has 176 valence electrons. The Hall–Kier alpha value is -2.08. The molecule has 0 bridgehead atoms. The van der Waals surface area contributed by atoms with Gasteiger partial charge in [-0.05, 0) is 31.0 Å². The van der Waals surface area contributed by atoms with Crippen molar-refractivity contribution in [3.8, 4) is 0 Å². The van der Waals surface area contributed by atoms with Crippen LogP contribution in [0.4, 0.5) is 4.39 Å². The highest BCUT2D eigenvalue weighted by atomic mass is 32.2. The Bertz CT molecular complexity index is 939. The molecule has 2 aliphatic heterocycles. The fourth-order valence-corrected chi connectivity index (χ4v) is 5.51. The molecule has 9 nitrogen and oxygen atoms in total. The van der Waals surface area contributed by atoms with Crippen LogP contribution in [0.3, 0.4) is 0 Å². The quantitative estimate of drug-likeness (QED) is 0.584. The molecule has 3 aliphatic rings. The lowest BCUT2D eigenvalue weighted by molar-refractivity contribution is -0.134. The Morgan fingerprint density at radius 2 is 1.56 bits per heavy atom. The van der Waals surface area contributed by atoms with Gasteiger partial charge in [-0.1, -0.05) is 6.07 Å². The number of nitrogens with zero attached hydrogens (tertiary/aromatic N) is 4. The predicted octanol–water partition coefficient (Wildman–Crippen LogP) is -0.445. The zero-order valence-electron chi connectivity index (χ0n) is 18.1. The van der Waals surface area contributed by atoms with Crippen LogP contribution in [-0.4, -0.2) is 111 Å². The van der Waals surface area contributed by atoms with Gasteiger partial charge in [0.15, 0.2) is 0 Å². The number of benzene rings is 1. The van der Waals surface area contributed by atoms with Crippen molar-refractivity contribution in [2.75, 3.05) is 65.4 Å². The van der Waals surface area contributed by atoms with Crippen molar-refractivity contribution in [1.29, 1.82) is 0 Å². The van der Waals surface area contributed by atoms with Crippen LogP contribution in [0.25, 0.3) is 0 Å². The Morgan fingerprint density at radius 3 is 2.16 bits per heavy atom. The number of carbonyl (C=O) groups excluding carboxylic acids is 2. The van der Waals surface area contributed by atoms with Crippen molar-refractivity contribution in [2.45, 2.75) is 23.8 Å². The monoisotopic (exact) mass is 467 g/mol. The van der Waals surface area contributed by atoms with Crippen molar-refractivity contribution in [3.05, 3.63) is 30.1 Å². The van der Waals surface area contributed by atoms with Crippen LogP contribution in [0.5, 0.6) is 0 Å². The highest BCUT2D eigenvalue weighted by Gasteiger charge is 2.31. The van der Waals surface area contributed by atoms with E-state index >= 15 is 0 Å². The van der Waals surface area contributed by atoms with Gasteiger partial charge in [0.25, 0.3) is 0 Å². The SMILES string of the molecule is O=C(CN1CCN(CC(=O)N2CCN(S(=O)(=O)c3cccc(F)c3)CC2)CC1)NC1CC1. The number of piperazine rings is 2. The van der Waals surface area contributed by atoms with Crippen LogP contribution < -0.4 is 5.32 Å². The van der Waals surface area contributed by atoms with Crippen molar-refractivity contribution < 1.29 is 22.4 Å². The molecule has 0 spiro atoms. The molecular weight excluding hydrogens is 437 g/mol. The van der Waals surface area contributed by atoms with Crippen LogP contribution in [-0.2, 0) is 19.6 Å². The number of amides is 2. The van der Waals surface area contributed by atoms with E-state index in [1.54, 1.807) is 4.90 Å². The fraction of sp³-hybridized carbons (Fsp3) is 0.619. The molecule has 1 N–H and O–H groups in total. The lowest BCUT2D eigenvalue weighted by Crippen LogP contribution is -2.55. The molecule has 1 aromatic rings. The molecule has 0 unspecified atom stereocenters. The van der Waals surface area contributed by atoms with Crippen LogP contribution in [0, 0.1) is 5.82 Å². The van der Waals surface area contributed by atoms with Crippen molar-refractivity contribution >= 4 is 21.8 Å². The third-order valence-corrected chi connectivity index (χ3v) is 8.05. The average Bonchev–Trinajstić information content (AvgIpc) is 3.59. The second-order valence-corrected chi connectivity index (χ2v) is 10.6. The standard InChI is InChI=1S/C21H30FN5O4S/c22-17-2-1-3-19(14-17)32(30,31)27-12-10-26(11-13-27)21(29)16-25-8-6-24(7-9-25)15-20(28)23-18-4-5-18/h1-3,14,18H,4-13,15-16H2,(H,23,28). The molecule has 1 aliphatic carbocycles. The molecule has 2 amide bonds. The van der Waals surface area contributed by atoms with Crippen LogP contribution in [0.15, 0.2) is 29.2 Å². The largest absolute Gasteiger partial charge is 0.352 e. The Kier molecular flexibility index (Phi) is 7.08. The lowest BCUT2D eigenvalue weighted by atomic mass is 10.3. The predicted molar refractivity (Wildman–Crippen MR) is 116 cm³/mol. The van der Waals surface area contributed by atoms with E-state index in [1.165, 1.54) is 22.5 Å². The molecule has 0 atom stereocenters.